The van der Waals surface area contributed by atoms with Crippen molar-refractivity contribution in [2.24, 2.45) is 33.7 Å². The monoisotopic (exact) mass is 588 g/mol. The number of carbonyl (C=O) groups is 5. The Bertz CT molecular complexity index is 1060. The molecule has 0 heterocycles. The molecule has 1 fully saturated rings. The number of amides is 2. The van der Waals surface area contributed by atoms with Gasteiger partial charge in [0.1, 0.15) is 18.1 Å². The first-order valence-electron chi connectivity index (χ1n) is 13.4. The summed E-state index contributed by atoms with van der Waals surface area (Å²) in [4.78, 5) is 66.0. The average molecular weight is 589 g/mol. The van der Waals surface area contributed by atoms with Crippen molar-refractivity contribution in [3.05, 3.63) is 0 Å². The van der Waals surface area contributed by atoms with Gasteiger partial charge in [0.15, 0.2) is 5.96 Å². The fraction of sp³-hybridized carbons (Fsp3) is 0.760. The lowest BCUT2D eigenvalue weighted by Gasteiger charge is -2.36. The van der Waals surface area contributed by atoms with E-state index in [2.05, 4.69) is 15.0 Å². The van der Waals surface area contributed by atoms with E-state index in [-0.39, 0.29) is 43.0 Å². The number of sulfonamides is 1. The highest BCUT2D eigenvalue weighted by atomic mass is 32.2. The van der Waals surface area contributed by atoms with E-state index < -0.39 is 64.0 Å². The van der Waals surface area contributed by atoms with Crippen LogP contribution in [0.4, 0.5) is 0 Å². The summed E-state index contributed by atoms with van der Waals surface area (Å²) in [5.74, 6) is -3.99. The van der Waals surface area contributed by atoms with Crippen LogP contribution in [-0.2, 0) is 34.0 Å². The van der Waals surface area contributed by atoms with Crippen molar-refractivity contribution in [3.63, 3.8) is 0 Å². The van der Waals surface area contributed by atoms with E-state index in [1.165, 1.54) is 7.05 Å². The Morgan fingerprint density at radius 2 is 1.93 bits per heavy atom. The maximum Gasteiger partial charge on any atom is 0.305 e. The number of rotatable bonds is 18. The van der Waals surface area contributed by atoms with E-state index >= 15 is 0 Å². The molecule has 1 rings (SSSR count). The van der Waals surface area contributed by atoms with Crippen molar-refractivity contribution in [2.75, 3.05) is 25.9 Å². The molecule has 4 atom stereocenters. The van der Waals surface area contributed by atoms with Crippen LogP contribution in [0.25, 0.3) is 0 Å². The summed E-state index contributed by atoms with van der Waals surface area (Å²) >= 11 is 0. The second-order valence-corrected chi connectivity index (χ2v) is 12.5. The van der Waals surface area contributed by atoms with Crippen molar-refractivity contribution in [3.8, 4) is 0 Å². The number of nitrogens with one attached hydrogen (secondary N) is 2. The van der Waals surface area contributed by atoms with E-state index in [1.807, 2.05) is 20.8 Å². The third-order valence-corrected chi connectivity index (χ3v) is 8.67. The number of carboxylic acids is 1. The molecule has 15 heteroatoms. The van der Waals surface area contributed by atoms with Gasteiger partial charge in [0.2, 0.25) is 21.8 Å². The van der Waals surface area contributed by atoms with Crippen LogP contribution in [0.2, 0.25) is 0 Å². The predicted molar refractivity (Wildman–Crippen MR) is 148 cm³/mol. The zero-order valence-electron chi connectivity index (χ0n) is 23.7. The van der Waals surface area contributed by atoms with E-state index in [9.17, 15) is 37.5 Å². The summed E-state index contributed by atoms with van der Waals surface area (Å²) in [5, 5.41) is 11.8. The zero-order chi connectivity index (χ0) is 30.7. The lowest BCUT2D eigenvalue weighted by atomic mass is 9.70. The number of aliphatic imine (C=N–C) groups is 1. The third-order valence-electron chi connectivity index (χ3n) is 7.13. The fourth-order valence-corrected chi connectivity index (χ4v) is 7.38. The Morgan fingerprint density at radius 3 is 2.45 bits per heavy atom. The molecular formula is C25H44N6O8S. The molecule has 14 nitrogen and oxygen atoms in total. The molecule has 0 spiro atoms. The number of carboxylic acid groups (broad SMARTS) is 1. The van der Waals surface area contributed by atoms with Gasteiger partial charge in [0.25, 0.3) is 0 Å². The van der Waals surface area contributed by atoms with Gasteiger partial charge in [-0.05, 0) is 37.5 Å². The van der Waals surface area contributed by atoms with Crippen LogP contribution in [0.15, 0.2) is 4.99 Å². The standard InChI is InChI=1S/C25H44N6O8S/c1-5-10-25(18(16(2)3)8-9-20(25)33)15-40(38,39)30-19(12-22(35)36)23(37)31(4)13-21(34)29-17(14-32)7-6-11-28-24(26)27/h14,16-19,30H,5-13,15H2,1-4H3,(H,29,34)(H,35,36)(H4,26,27,28). The Balaban J connectivity index is 2.99. The zero-order valence-corrected chi connectivity index (χ0v) is 24.5. The molecule has 0 aromatic carbocycles. The van der Waals surface area contributed by atoms with Crippen LogP contribution in [0, 0.1) is 17.3 Å². The van der Waals surface area contributed by atoms with Crippen LogP contribution < -0.4 is 21.5 Å². The van der Waals surface area contributed by atoms with Gasteiger partial charge < -0.3 is 31.6 Å². The highest BCUT2D eigenvalue weighted by Crippen LogP contribution is 2.48. The summed E-state index contributed by atoms with van der Waals surface area (Å²) in [5.41, 5.74) is 9.36. The molecule has 4 unspecified atom stereocenters. The number of hydrogen-bond donors (Lipinski definition) is 5. The van der Waals surface area contributed by atoms with Crippen molar-refractivity contribution < 1.29 is 37.5 Å². The molecule has 0 aromatic rings. The van der Waals surface area contributed by atoms with Crippen LogP contribution >= 0.6 is 0 Å². The summed E-state index contributed by atoms with van der Waals surface area (Å²) in [6.45, 7) is 5.43. The van der Waals surface area contributed by atoms with Gasteiger partial charge in [0.05, 0.1) is 24.8 Å². The number of ketones is 1. The molecular weight excluding hydrogens is 544 g/mol. The van der Waals surface area contributed by atoms with Gasteiger partial charge in [-0.25, -0.2) is 13.1 Å². The number of nitrogens with two attached hydrogens (primary N) is 2. The second-order valence-electron chi connectivity index (χ2n) is 10.7. The van der Waals surface area contributed by atoms with Crippen molar-refractivity contribution in [1.82, 2.24) is 14.9 Å². The van der Waals surface area contributed by atoms with Crippen molar-refractivity contribution >= 4 is 45.8 Å². The number of guanidine groups is 1. The minimum atomic E-state index is -4.30. The number of likely N-dealkylation sites (N-methyl/N-ethyl adjacent to an activating group) is 1. The number of hydrogen-bond acceptors (Lipinski definition) is 8. The topological polar surface area (TPSA) is 231 Å². The lowest BCUT2D eigenvalue weighted by Crippen LogP contribution is -2.53. The van der Waals surface area contributed by atoms with Gasteiger partial charge >= 0.3 is 5.97 Å². The Labute approximate surface area is 235 Å². The average Bonchev–Trinajstić information content (AvgIpc) is 3.14. The first kappa shape index (κ1) is 35.0. The second kappa shape index (κ2) is 15.6. The van der Waals surface area contributed by atoms with E-state index in [0.717, 1.165) is 4.90 Å². The minimum absolute atomic E-state index is 0.0519. The Hall–Kier alpha value is -3.07. The molecule has 1 aliphatic carbocycles. The van der Waals surface area contributed by atoms with Crippen molar-refractivity contribution in [2.45, 2.75) is 77.8 Å². The number of carbonyl (C=O) groups excluding carboxylic acids is 4. The van der Waals surface area contributed by atoms with Gasteiger partial charge in [0, 0.05) is 25.4 Å². The molecule has 2 amide bonds. The number of aldehydes is 1. The SMILES string of the molecule is CCCC1(CS(=O)(=O)NC(CC(=O)O)C(=O)N(C)CC(=O)NC(C=O)CCCN=C(N)N)C(=O)CCC1C(C)C. The van der Waals surface area contributed by atoms with Gasteiger partial charge in [-0.15, -0.1) is 0 Å². The number of Topliss-reactive ketones (excluding diaryl/α,β-unsaturated/α-hetero) is 1. The smallest absolute Gasteiger partial charge is 0.305 e. The normalized spacial score (nSPS) is 20.5. The highest BCUT2D eigenvalue weighted by molar-refractivity contribution is 7.89. The van der Waals surface area contributed by atoms with E-state index in [4.69, 9.17) is 11.5 Å². The summed E-state index contributed by atoms with van der Waals surface area (Å²) in [6.07, 6.45) is 2.07. The molecule has 1 aliphatic rings. The molecule has 0 radical (unpaired) electrons. The Morgan fingerprint density at radius 1 is 1.27 bits per heavy atom. The maximum absolute atomic E-state index is 13.3. The van der Waals surface area contributed by atoms with Crippen molar-refractivity contribution in [1.29, 1.82) is 0 Å². The van der Waals surface area contributed by atoms with Gasteiger partial charge in [-0.1, -0.05) is 27.2 Å². The first-order valence-corrected chi connectivity index (χ1v) is 15.0. The van der Waals surface area contributed by atoms with Crippen LogP contribution in [0.1, 0.15) is 65.7 Å². The lowest BCUT2D eigenvalue weighted by molar-refractivity contribution is -0.142. The summed E-state index contributed by atoms with van der Waals surface area (Å²) in [7, 11) is -3.08. The molecule has 0 bridgehead atoms. The van der Waals surface area contributed by atoms with Crippen LogP contribution in [-0.4, -0.2) is 92.2 Å². The molecule has 228 valence electrons. The predicted octanol–water partition coefficient (Wildman–Crippen LogP) is -0.634. The van der Waals surface area contributed by atoms with Gasteiger partial charge in [-0.3, -0.25) is 24.2 Å². The molecule has 0 saturated heterocycles. The first-order chi connectivity index (χ1) is 18.6. The van der Waals surface area contributed by atoms with E-state index in [1.54, 1.807) is 0 Å². The fourth-order valence-electron chi connectivity index (χ4n) is 5.48. The molecule has 7 N–H and O–H groups in total. The third kappa shape index (κ3) is 10.5. The number of aliphatic carboxylic acids is 1. The molecule has 40 heavy (non-hydrogen) atoms. The van der Waals surface area contributed by atoms with Crippen LogP contribution in [0.3, 0.4) is 0 Å². The summed E-state index contributed by atoms with van der Waals surface area (Å²) < 4.78 is 28.8. The largest absolute Gasteiger partial charge is 0.481 e. The van der Waals surface area contributed by atoms with Crippen LogP contribution in [0.5, 0.6) is 0 Å². The Kier molecular flexibility index (Phi) is 13.7. The summed E-state index contributed by atoms with van der Waals surface area (Å²) in [6, 6.07) is -2.57. The van der Waals surface area contributed by atoms with E-state index in [0.29, 0.717) is 32.0 Å². The molecule has 0 aliphatic heterocycles. The highest BCUT2D eigenvalue weighted by Gasteiger charge is 2.52. The quantitative estimate of drug-likeness (QED) is 0.0588. The van der Waals surface area contributed by atoms with Gasteiger partial charge in [-0.2, -0.15) is 0 Å². The number of nitrogens with zero attached hydrogens (tertiary/aromatic N) is 2. The minimum Gasteiger partial charge on any atom is -0.481 e. The molecule has 1 saturated carbocycles. The molecule has 0 aromatic heterocycles. The maximum atomic E-state index is 13.3.